The highest BCUT2D eigenvalue weighted by Gasteiger charge is 2.35. The molecule has 0 aliphatic carbocycles. The molecule has 1 atom stereocenters. The van der Waals surface area contributed by atoms with Crippen molar-refractivity contribution in [3.05, 3.63) is 69.9 Å². The van der Waals surface area contributed by atoms with Crippen molar-refractivity contribution in [3.8, 4) is 11.5 Å². The van der Waals surface area contributed by atoms with Crippen molar-refractivity contribution in [2.45, 2.75) is 37.7 Å². The number of fused-ring (bicyclic) bond motifs is 1. The minimum atomic E-state index is -0.558. The molecule has 8 nitrogen and oxygen atoms in total. The first-order chi connectivity index (χ1) is 17.0. The monoisotopic (exact) mass is 514 g/mol. The zero-order valence-corrected chi connectivity index (χ0v) is 21.6. The lowest BCUT2D eigenvalue weighted by molar-refractivity contribution is -0.139. The number of halogens is 1. The van der Waals surface area contributed by atoms with Crippen LogP contribution in [0.15, 0.2) is 58.9 Å². The van der Waals surface area contributed by atoms with Crippen molar-refractivity contribution >= 4 is 35.3 Å². The van der Waals surface area contributed by atoms with Crippen LogP contribution < -0.4 is 14.8 Å². The number of anilines is 1. The number of thioether (sulfide) groups is 1. The number of rotatable bonds is 9. The minimum Gasteiger partial charge on any atom is -0.493 e. The normalized spacial score (nSPS) is 14.8. The van der Waals surface area contributed by atoms with Gasteiger partial charge in [0.05, 0.1) is 25.9 Å². The van der Waals surface area contributed by atoms with Crippen molar-refractivity contribution < 1.29 is 19.0 Å². The molecule has 0 fully saturated rings. The van der Waals surface area contributed by atoms with E-state index in [4.69, 9.17) is 30.9 Å². The van der Waals surface area contributed by atoms with Gasteiger partial charge in [-0.25, -0.2) is 9.48 Å². The van der Waals surface area contributed by atoms with Crippen LogP contribution in [0.3, 0.4) is 0 Å². The van der Waals surface area contributed by atoms with E-state index in [2.05, 4.69) is 10.3 Å². The molecule has 1 N–H and O–H groups in total. The Bertz CT molecular complexity index is 1260. The van der Waals surface area contributed by atoms with Gasteiger partial charge in [0.1, 0.15) is 6.04 Å². The molecule has 0 saturated carbocycles. The van der Waals surface area contributed by atoms with Crippen LogP contribution in [0.2, 0.25) is 5.02 Å². The van der Waals surface area contributed by atoms with E-state index >= 15 is 0 Å². The second kappa shape index (κ2) is 11.0. The Morgan fingerprint density at radius 1 is 1.17 bits per heavy atom. The molecule has 1 aliphatic heterocycles. The summed E-state index contributed by atoms with van der Waals surface area (Å²) in [5, 5.41) is 9.22. The fourth-order valence-corrected chi connectivity index (χ4v) is 4.98. The fourth-order valence-electron chi connectivity index (χ4n) is 3.86. The summed E-state index contributed by atoms with van der Waals surface area (Å²) in [4.78, 5) is 17.7. The average molecular weight is 515 g/mol. The topological polar surface area (TPSA) is 87.5 Å². The molecule has 184 valence electrons. The number of ether oxygens (including phenoxy) is 3. The van der Waals surface area contributed by atoms with Crippen LogP contribution in [0.1, 0.15) is 37.9 Å². The molecule has 1 unspecified atom stereocenters. The van der Waals surface area contributed by atoms with Crippen LogP contribution in [0.4, 0.5) is 5.95 Å². The lowest BCUT2D eigenvalue weighted by Gasteiger charge is -2.28. The van der Waals surface area contributed by atoms with Gasteiger partial charge >= 0.3 is 5.97 Å². The summed E-state index contributed by atoms with van der Waals surface area (Å²) in [5.41, 5.74) is 2.90. The summed E-state index contributed by atoms with van der Waals surface area (Å²) in [6.45, 7) is 6.30. The van der Waals surface area contributed by atoms with Gasteiger partial charge in [0, 0.05) is 16.5 Å². The largest absolute Gasteiger partial charge is 0.493 e. The van der Waals surface area contributed by atoms with Gasteiger partial charge in [-0.3, -0.25) is 0 Å². The molecular weight excluding hydrogens is 488 g/mol. The van der Waals surface area contributed by atoms with Crippen LogP contribution >= 0.6 is 23.4 Å². The van der Waals surface area contributed by atoms with E-state index in [0.29, 0.717) is 51.3 Å². The summed E-state index contributed by atoms with van der Waals surface area (Å²) in [7, 11) is 1.59. The van der Waals surface area contributed by atoms with Crippen LogP contribution in [-0.4, -0.2) is 41.1 Å². The number of benzene rings is 2. The van der Waals surface area contributed by atoms with Crippen molar-refractivity contribution in [1.29, 1.82) is 0 Å². The molecule has 0 amide bonds. The third-order valence-electron chi connectivity index (χ3n) is 5.45. The van der Waals surface area contributed by atoms with Crippen molar-refractivity contribution in [2.75, 3.05) is 25.6 Å². The Kier molecular flexibility index (Phi) is 7.87. The Hall–Kier alpha value is -3.17. The number of allylic oxidation sites excluding steroid dienone is 1. The SMILES string of the molecule is CCOC(=O)C1=C(C)Nc2nc(SCc3ccccc3Cl)nn2C1c1ccc(OCC)c(OC)c1. The van der Waals surface area contributed by atoms with E-state index in [1.54, 1.807) is 18.7 Å². The maximum Gasteiger partial charge on any atom is 0.338 e. The molecule has 0 radical (unpaired) electrons. The third kappa shape index (κ3) is 5.26. The number of hydrogen-bond acceptors (Lipinski definition) is 8. The first-order valence-corrected chi connectivity index (χ1v) is 12.6. The molecule has 0 bridgehead atoms. The quantitative estimate of drug-likeness (QED) is 0.296. The number of carbonyl (C=O) groups excluding carboxylic acids is 1. The Morgan fingerprint density at radius 3 is 2.69 bits per heavy atom. The predicted octanol–water partition coefficient (Wildman–Crippen LogP) is 5.48. The van der Waals surface area contributed by atoms with Crippen LogP contribution in [0, 0.1) is 0 Å². The molecule has 1 aromatic heterocycles. The summed E-state index contributed by atoms with van der Waals surface area (Å²) < 4.78 is 18.3. The average Bonchev–Trinajstić information content (AvgIpc) is 3.25. The van der Waals surface area contributed by atoms with Crippen LogP contribution in [0.25, 0.3) is 0 Å². The van der Waals surface area contributed by atoms with E-state index in [9.17, 15) is 4.79 Å². The van der Waals surface area contributed by atoms with Crippen molar-refractivity contribution in [3.63, 3.8) is 0 Å². The Morgan fingerprint density at radius 2 is 1.97 bits per heavy atom. The Balaban J connectivity index is 1.74. The predicted molar refractivity (Wildman–Crippen MR) is 136 cm³/mol. The molecule has 10 heteroatoms. The first-order valence-electron chi connectivity index (χ1n) is 11.2. The van der Waals surface area contributed by atoms with Crippen molar-refractivity contribution in [2.24, 2.45) is 0 Å². The number of methoxy groups -OCH3 is 1. The summed E-state index contributed by atoms with van der Waals surface area (Å²) in [6.07, 6.45) is 0. The first kappa shape index (κ1) is 24.9. The van der Waals surface area contributed by atoms with Gasteiger partial charge in [-0.1, -0.05) is 47.6 Å². The summed E-state index contributed by atoms with van der Waals surface area (Å²) in [5.74, 6) is 1.93. The highest BCUT2D eigenvalue weighted by atomic mass is 35.5. The van der Waals surface area contributed by atoms with Gasteiger partial charge in [0.2, 0.25) is 11.1 Å². The maximum atomic E-state index is 13.0. The Labute approximate surface area is 213 Å². The van der Waals surface area contributed by atoms with Crippen LogP contribution in [0.5, 0.6) is 11.5 Å². The van der Waals surface area contributed by atoms with E-state index in [0.717, 1.165) is 11.1 Å². The smallest absolute Gasteiger partial charge is 0.338 e. The fraction of sp³-hybridized carbons (Fsp3) is 0.320. The molecule has 2 heterocycles. The molecule has 2 aromatic carbocycles. The van der Waals surface area contributed by atoms with Gasteiger partial charge in [-0.2, -0.15) is 4.98 Å². The third-order valence-corrected chi connectivity index (χ3v) is 6.70. The van der Waals surface area contributed by atoms with E-state index in [1.807, 2.05) is 56.3 Å². The number of nitrogens with zero attached hydrogens (tertiary/aromatic N) is 3. The molecule has 3 aromatic rings. The number of nitrogens with one attached hydrogen (secondary N) is 1. The van der Waals surface area contributed by atoms with E-state index in [-0.39, 0.29) is 6.61 Å². The summed E-state index contributed by atoms with van der Waals surface area (Å²) >= 11 is 7.78. The minimum absolute atomic E-state index is 0.262. The molecular formula is C25H27ClN4O4S. The second-order valence-corrected chi connectivity index (χ2v) is 9.02. The van der Waals surface area contributed by atoms with E-state index < -0.39 is 12.0 Å². The van der Waals surface area contributed by atoms with Gasteiger partial charge in [0.15, 0.2) is 11.5 Å². The standard InChI is InChI=1S/C25H27ClN4O4S/c1-5-33-19-12-11-16(13-20(19)32-4)22-21(23(31)34-6-2)15(3)27-24-28-25(29-30(22)24)35-14-17-9-7-8-10-18(17)26/h7-13,22H,5-6,14H2,1-4H3,(H,27,28,29). The van der Waals surface area contributed by atoms with Gasteiger partial charge in [0.25, 0.3) is 0 Å². The number of esters is 1. The molecule has 0 saturated heterocycles. The zero-order chi connectivity index (χ0) is 24.9. The molecule has 0 spiro atoms. The molecule has 1 aliphatic rings. The number of hydrogen-bond donors (Lipinski definition) is 1. The maximum absolute atomic E-state index is 13.0. The van der Waals surface area contributed by atoms with Crippen LogP contribution in [-0.2, 0) is 15.3 Å². The summed E-state index contributed by atoms with van der Waals surface area (Å²) in [6, 6.07) is 12.7. The van der Waals surface area contributed by atoms with Gasteiger partial charge in [-0.15, -0.1) is 5.10 Å². The number of carbonyl (C=O) groups is 1. The number of aromatic nitrogens is 3. The second-order valence-electron chi connectivity index (χ2n) is 7.67. The van der Waals surface area contributed by atoms with Gasteiger partial charge in [-0.05, 0) is 50.1 Å². The lowest BCUT2D eigenvalue weighted by Crippen LogP contribution is -2.29. The van der Waals surface area contributed by atoms with Crippen molar-refractivity contribution in [1.82, 2.24) is 14.8 Å². The lowest BCUT2D eigenvalue weighted by atomic mass is 9.95. The molecule has 35 heavy (non-hydrogen) atoms. The van der Waals surface area contributed by atoms with Gasteiger partial charge < -0.3 is 19.5 Å². The molecule has 4 rings (SSSR count). The van der Waals surface area contributed by atoms with E-state index in [1.165, 1.54) is 11.8 Å². The zero-order valence-electron chi connectivity index (χ0n) is 20.0. The highest BCUT2D eigenvalue weighted by Crippen LogP contribution is 2.40. The highest BCUT2D eigenvalue weighted by molar-refractivity contribution is 7.98.